The first kappa shape index (κ1) is 31.5. The molecule has 1 saturated heterocycles. The third-order valence-electron chi connectivity index (χ3n) is 8.31. The fraction of sp³-hybridized carbons (Fsp3) is 0.306. The van der Waals surface area contributed by atoms with Crippen LogP contribution in [0.2, 0.25) is 5.02 Å². The van der Waals surface area contributed by atoms with Crippen LogP contribution in [0.15, 0.2) is 72.8 Å². The van der Waals surface area contributed by atoms with Gasteiger partial charge >= 0.3 is 5.97 Å². The van der Waals surface area contributed by atoms with Gasteiger partial charge in [0.15, 0.2) is 11.5 Å². The van der Waals surface area contributed by atoms with Crippen LogP contribution in [0.5, 0.6) is 23.0 Å². The molecule has 46 heavy (non-hydrogen) atoms. The van der Waals surface area contributed by atoms with Crippen LogP contribution in [0.25, 0.3) is 11.1 Å². The molecule has 4 aromatic rings. The molecule has 2 aliphatic rings. The molecule has 1 fully saturated rings. The molecule has 2 heterocycles. The number of fused-ring (bicyclic) bond motifs is 1. The molecular weight excluding hydrogens is 608 g/mol. The Kier molecular flexibility index (Phi) is 9.82. The Morgan fingerprint density at radius 3 is 2.57 bits per heavy atom. The zero-order valence-corrected chi connectivity index (χ0v) is 26.6. The third kappa shape index (κ3) is 7.17. The molecule has 4 aromatic carbocycles. The molecule has 6 rings (SSSR count). The van der Waals surface area contributed by atoms with Crippen LogP contribution >= 0.6 is 11.6 Å². The van der Waals surface area contributed by atoms with E-state index < -0.39 is 12.0 Å². The van der Waals surface area contributed by atoms with Gasteiger partial charge in [0.1, 0.15) is 44.0 Å². The number of ether oxygens (including phenoxy) is 5. The highest BCUT2D eigenvalue weighted by Gasteiger charge is 2.30. The maximum Gasteiger partial charge on any atom is 0.323 e. The monoisotopic (exact) mass is 644 g/mol. The number of anilines is 1. The third-order valence-corrected chi connectivity index (χ3v) is 8.60. The van der Waals surface area contributed by atoms with Gasteiger partial charge in [0, 0.05) is 37.5 Å². The van der Waals surface area contributed by atoms with Crippen molar-refractivity contribution in [1.29, 1.82) is 0 Å². The molecule has 0 spiro atoms. The number of halogens is 1. The Hall–Kier alpha value is -4.44. The van der Waals surface area contributed by atoms with E-state index in [0.29, 0.717) is 56.0 Å². The summed E-state index contributed by atoms with van der Waals surface area (Å²) in [5.41, 5.74) is 6.94. The van der Waals surface area contributed by atoms with E-state index in [9.17, 15) is 9.90 Å². The first-order valence-corrected chi connectivity index (χ1v) is 15.6. The summed E-state index contributed by atoms with van der Waals surface area (Å²) in [4.78, 5) is 13.8. The summed E-state index contributed by atoms with van der Waals surface area (Å²) >= 11 is 6.80. The minimum absolute atomic E-state index is 0.127. The van der Waals surface area contributed by atoms with Gasteiger partial charge in [-0.2, -0.15) is 0 Å². The smallest absolute Gasteiger partial charge is 0.323 e. The molecule has 2 N–H and O–H groups in total. The Bertz CT molecular complexity index is 1710. The number of carboxylic acids is 1. The zero-order valence-electron chi connectivity index (χ0n) is 25.9. The first-order chi connectivity index (χ1) is 22.4. The molecule has 2 aliphatic heterocycles. The highest BCUT2D eigenvalue weighted by molar-refractivity contribution is 6.32. The summed E-state index contributed by atoms with van der Waals surface area (Å²) in [6, 6.07) is 22.9. The lowest BCUT2D eigenvalue weighted by Gasteiger charge is -2.33. The number of rotatable bonds is 11. The van der Waals surface area contributed by atoms with Crippen molar-refractivity contribution >= 4 is 23.3 Å². The highest BCUT2D eigenvalue weighted by atomic mass is 35.5. The predicted octanol–water partition coefficient (Wildman–Crippen LogP) is 6.57. The van der Waals surface area contributed by atoms with Crippen LogP contribution in [0, 0.1) is 6.92 Å². The second-order valence-electron chi connectivity index (χ2n) is 11.3. The lowest BCUT2D eigenvalue weighted by molar-refractivity contribution is -0.150. The molecule has 0 bridgehead atoms. The summed E-state index contributed by atoms with van der Waals surface area (Å²) < 4.78 is 29.6. The van der Waals surface area contributed by atoms with Crippen LogP contribution in [-0.2, 0) is 29.3 Å². The molecule has 0 radical (unpaired) electrons. The molecule has 1 atom stereocenters. The van der Waals surface area contributed by atoms with Gasteiger partial charge in [0.2, 0.25) is 0 Å². The van der Waals surface area contributed by atoms with Crippen LogP contribution in [0.3, 0.4) is 0 Å². The first-order valence-electron chi connectivity index (χ1n) is 15.3. The van der Waals surface area contributed by atoms with Crippen LogP contribution in [-0.4, -0.2) is 62.0 Å². The minimum atomic E-state index is -0.925. The van der Waals surface area contributed by atoms with Crippen molar-refractivity contribution in [2.24, 2.45) is 0 Å². The van der Waals surface area contributed by atoms with Gasteiger partial charge in [-0.05, 0) is 65.1 Å². The van der Waals surface area contributed by atoms with E-state index in [-0.39, 0.29) is 13.2 Å². The molecular formula is C36H37ClN2O7. The van der Waals surface area contributed by atoms with Gasteiger partial charge in [-0.15, -0.1) is 0 Å². The second kappa shape index (κ2) is 14.3. The van der Waals surface area contributed by atoms with E-state index in [1.807, 2.05) is 72.6 Å². The van der Waals surface area contributed by atoms with Crippen molar-refractivity contribution in [1.82, 2.24) is 4.90 Å². The Morgan fingerprint density at radius 1 is 0.935 bits per heavy atom. The average molecular weight is 645 g/mol. The quantitative estimate of drug-likeness (QED) is 0.188. The van der Waals surface area contributed by atoms with Crippen molar-refractivity contribution in [2.45, 2.75) is 32.7 Å². The van der Waals surface area contributed by atoms with E-state index in [2.05, 4.69) is 18.3 Å². The van der Waals surface area contributed by atoms with Crippen molar-refractivity contribution in [3.05, 3.63) is 100 Å². The van der Waals surface area contributed by atoms with E-state index in [0.717, 1.165) is 50.6 Å². The number of hydrogen-bond acceptors (Lipinski definition) is 8. The summed E-state index contributed by atoms with van der Waals surface area (Å²) in [6.07, 6.45) is 0. The molecule has 0 saturated carbocycles. The van der Waals surface area contributed by atoms with Gasteiger partial charge < -0.3 is 34.1 Å². The van der Waals surface area contributed by atoms with Crippen molar-refractivity contribution in [3.63, 3.8) is 0 Å². The van der Waals surface area contributed by atoms with E-state index in [4.69, 9.17) is 35.3 Å². The topological polar surface area (TPSA) is 98.7 Å². The van der Waals surface area contributed by atoms with Gasteiger partial charge in [-0.3, -0.25) is 9.69 Å². The number of nitrogens with zero attached hydrogens (tertiary/aromatic N) is 1. The van der Waals surface area contributed by atoms with E-state index in [1.165, 1.54) is 0 Å². The number of hydrogen-bond donors (Lipinski definition) is 2. The SMILES string of the molecule is CNc1cccc(COc2cc(OCc3cccc(-c4ccc5c(c4)OCCO5)c3C)c(Cl)cc2CN2CCOCC2C(=O)O)c1. The van der Waals surface area contributed by atoms with Gasteiger partial charge in [-0.1, -0.05) is 48.0 Å². The molecule has 9 nitrogen and oxygen atoms in total. The Labute approximate surface area is 273 Å². The van der Waals surface area contributed by atoms with Gasteiger partial charge in [-0.25, -0.2) is 0 Å². The normalized spacial score (nSPS) is 16.1. The number of morpholine rings is 1. The number of benzene rings is 4. The Balaban J connectivity index is 1.25. The molecule has 0 amide bonds. The van der Waals surface area contributed by atoms with Crippen molar-refractivity contribution in [2.75, 3.05) is 45.3 Å². The molecule has 0 aliphatic carbocycles. The van der Waals surface area contributed by atoms with E-state index >= 15 is 0 Å². The lowest BCUT2D eigenvalue weighted by atomic mass is 9.96. The van der Waals surface area contributed by atoms with Crippen LogP contribution < -0.4 is 24.3 Å². The van der Waals surface area contributed by atoms with Crippen molar-refractivity contribution < 1.29 is 33.6 Å². The fourth-order valence-corrected chi connectivity index (χ4v) is 5.96. The van der Waals surface area contributed by atoms with Gasteiger partial charge in [0.05, 0.1) is 18.2 Å². The number of carbonyl (C=O) groups is 1. The average Bonchev–Trinajstić information content (AvgIpc) is 3.08. The number of aliphatic carboxylic acids is 1. The summed E-state index contributed by atoms with van der Waals surface area (Å²) in [7, 11) is 1.87. The fourth-order valence-electron chi connectivity index (χ4n) is 5.71. The largest absolute Gasteiger partial charge is 0.488 e. The van der Waals surface area contributed by atoms with Crippen molar-refractivity contribution in [3.8, 4) is 34.1 Å². The van der Waals surface area contributed by atoms with Gasteiger partial charge in [0.25, 0.3) is 0 Å². The van der Waals surface area contributed by atoms with Crippen LogP contribution in [0.4, 0.5) is 5.69 Å². The maximum atomic E-state index is 11.9. The van der Waals surface area contributed by atoms with E-state index in [1.54, 1.807) is 6.07 Å². The molecule has 10 heteroatoms. The summed E-state index contributed by atoms with van der Waals surface area (Å²) in [5, 5.41) is 13.4. The second-order valence-corrected chi connectivity index (χ2v) is 11.7. The number of nitrogens with one attached hydrogen (secondary N) is 1. The zero-order chi connectivity index (χ0) is 32.0. The maximum absolute atomic E-state index is 11.9. The van der Waals surface area contributed by atoms with Crippen LogP contribution in [0.1, 0.15) is 22.3 Å². The summed E-state index contributed by atoms with van der Waals surface area (Å²) in [6.45, 7) is 5.15. The minimum Gasteiger partial charge on any atom is -0.488 e. The standard InChI is InChI=1S/C36H37ClN2O7/c1-23-26(6-4-8-29(23)25-9-10-32-35(17-25)44-14-13-43-32)21-46-34-18-33(45-20-24-5-3-7-28(15-24)38-2)27(16-30(34)37)19-39-11-12-42-22-31(39)36(40)41/h3-10,15-18,31,38H,11-14,19-22H2,1-2H3,(H,40,41). The predicted molar refractivity (Wildman–Crippen MR) is 176 cm³/mol. The molecule has 1 unspecified atom stereocenters. The molecule has 0 aromatic heterocycles. The highest BCUT2D eigenvalue weighted by Crippen LogP contribution is 2.38. The molecule has 240 valence electrons. The Morgan fingerprint density at radius 2 is 1.74 bits per heavy atom. The lowest BCUT2D eigenvalue weighted by Crippen LogP contribution is -2.49. The number of carboxylic acid groups (broad SMARTS) is 1. The summed E-state index contributed by atoms with van der Waals surface area (Å²) in [5.74, 6) is 1.63.